The molecule has 3 N–H and O–H groups in total. The summed E-state index contributed by atoms with van der Waals surface area (Å²) >= 11 is 0. The smallest absolute Gasteiger partial charge is 0.550 e. The van der Waals surface area contributed by atoms with Gasteiger partial charge < -0.3 is 53.9 Å². The fraction of sp³-hybridized carbons (Fsp3) is 0.780. The summed E-state index contributed by atoms with van der Waals surface area (Å²) in [5, 5.41) is 49.2. The fourth-order valence-corrected chi connectivity index (χ4v) is 11.7. The van der Waals surface area contributed by atoms with Gasteiger partial charge in [-0.3, -0.25) is 14.9 Å². The first-order valence-corrected chi connectivity index (χ1v) is 24.5. The standard InChI is InChI=1S/C50H76N2O14.Na/c1-11-36(45(55)56)38-19-14-28(4)43(63-38)32(8)41(53)31(7)42(54)37(12-2)44-29(5)26-30(6)49(64-44)23-20-39(51-46(57)61-27-34-15-17-35(18-16-34)52(59)60)50(66-49)25-24-47(10,65-50)40-21-22-48(58,13-3)33(9)62-40;/h15-18,20,23,28-33,36-41,43-44,53,58H,11-14,19,21-22,24-27H2,1-10H3,(H,51,57)(H,55,56);/q;+1/p-1/t28-,29-,30+,31-,32-,33-,36+,37-,38+,39-,40+,41+,43+,44-,47-,48+,49-,50-;/m0./s1. The summed E-state index contributed by atoms with van der Waals surface area (Å²) in [5.41, 5.74) is -1.38. The molecule has 1 aromatic rings. The normalized spacial score (nSPS) is 38.5. The Hall–Kier alpha value is -2.51. The molecule has 0 aromatic heterocycles. The maximum absolute atomic E-state index is 14.7. The number of aliphatic carboxylic acids is 1. The van der Waals surface area contributed by atoms with Crippen molar-refractivity contribution in [1.82, 2.24) is 5.32 Å². The van der Waals surface area contributed by atoms with Gasteiger partial charge in [0.1, 0.15) is 18.4 Å². The van der Waals surface area contributed by atoms with Gasteiger partial charge in [-0.05, 0) is 107 Å². The van der Waals surface area contributed by atoms with Crippen LogP contribution in [0.5, 0.6) is 0 Å². The molecule has 2 spiro atoms. The number of non-ortho nitro benzene ring substituents is 1. The number of alkyl carbamates (subject to hydrolysis) is 1. The largest absolute Gasteiger partial charge is 1.00 e. The van der Waals surface area contributed by atoms with Gasteiger partial charge in [-0.25, -0.2) is 4.79 Å². The molecule has 1 aromatic carbocycles. The van der Waals surface area contributed by atoms with Gasteiger partial charge in [0.25, 0.3) is 5.69 Å². The molecule has 5 aliphatic heterocycles. The Morgan fingerprint density at radius 3 is 2.19 bits per heavy atom. The number of nitrogens with one attached hydrogen (secondary N) is 1. The van der Waals surface area contributed by atoms with E-state index in [-0.39, 0.29) is 65.4 Å². The summed E-state index contributed by atoms with van der Waals surface area (Å²) in [6, 6.07) is 4.88. The first-order chi connectivity index (χ1) is 31.1. The van der Waals surface area contributed by atoms with Gasteiger partial charge in [0.15, 0.2) is 11.6 Å². The molecule has 5 heterocycles. The number of carbonyl (C=O) groups is 3. The number of rotatable bonds is 16. The Labute approximate surface area is 418 Å². The Balaban J connectivity index is 0.00000840. The summed E-state index contributed by atoms with van der Waals surface area (Å²) in [5.74, 6) is -7.06. The number of ether oxygens (including phenoxy) is 6. The van der Waals surface area contributed by atoms with Crippen molar-refractivity contribution < 1.29 is 92.6 Å². The number of carboxylic acid groups (broad SMARTS) is 1. The molecule has 1 amide bonds. The number of benzene rings is 1. The zero-order chi connectivity index (χ0) is 48.5. The van der Waals surface area contributed by atoms with E-state index in [1.807, 2.05) is 54.5 Å². The number of hydrogen-bond acceptors (Lipinski definition) is 14. The van der Waals surface area contributed by atoms with Gasteiger partial charge in [-0.15, -0.1) is 0 Å². The molecule has 67 heavy (non-hydrogen) atoms. The second kappa shape index (κ2) is 22.3. The molecule has 6 rings (SSSR count). The zero-order valence-corrected chi connectivity index (χ0v) is 43.6. The third-order valence-electron chi connectivity index (χ3n) is 16.3. The Morgan fingerprint density at radius 2 is 1.60 bits per heavy atom. The molecule has 0 saturated carbocycles. The number of hydrogen-bond donors (Lipinski definition) is 3. The van der Waals surface area contributed by atoms with Crippen LogP contribution in [0.15, 0.2) is 36.4 Å². The Bertz CT molecular complexity index is 1920. The number of carboxylic acids is 1. The summed E-state index contributed by atoms with van der Waals surface area (Å²) in [6.07, 6.45) is 4.49. The van der Waals surface area contributed by atoms with E-state index in [1.165, 1.54) is 24.3 Å². The van der Waals surface area contributed by atoms with E-state index < -0.39 is 106 Å². The van der Waals surface area contributed by atoms with Gasteiger partial charge in [0.2, 0.25) is 0 Å². The molecule has 0 unspecified atom stereocenters. The van der Waals surface area contributed by atoms with Gasteiger partial charge in [0.05, 0.1) is 52.7 Å². The van der Waals surface area contributed by atoms with Crippen LogP contribution in [0.1, 0.15) is 139 Å². The molecule has 5 aliphatic rings. The molecule has 370 valence electrons. The number of nitro benzene ring substituents is 1. The molecule has 0 aliphatic carbocycles. The minimum absolute atomic E-state index is 0. The topological polar surface area (TPSA) is 225 Å². The number of nitrogens with zero attached hydrogens (tertiary/aromatic N) is 1. The van der Waals surface area contributed by atoms with Crippen LogP contribution in [0.4, 0.5) is 10.5 Å². The van der Waals surface area contributed by atoms with Crippen molar-refractivity contribution in [3.8, 4) is 0 Å². The predicted molar refractivity (Wildman–Crippen MR) is 240 cm³/mol. The molecule has 18 atom stereocenters. The molecule has 4 saturated heterocycles. The van der Waals surface area contributed by atoms with Crippen molar-refractivity contribution in [1.29, 1.82) is 0 Å². The first-order valence-electron chi connectivity index (χ1n) is 24.5. The van der Waals surface area contributed by atoms with E-state index in [4.69, 9.17) is 28.4 Å². The molecular weight excluding hydrogens is 876 g/mol. The van der Waals surface area contributed by atoms with Crippen LogP contribution in [0, 0.1) is 51.5 Å². The van der Waals surface area contributed by atoms with E-state index in [0.717, 1.165) is 6.42 Å². The number of amides is 1. The van der Waals surface area contributed by atoms with Crippen molar-refractivity contribution in [2.24, 2.45) is 41.4 Å². The van der Waals surface area contributed by atoms with Crippen LogP contribution in [0.25, 0.3) is 0 Å². The van der Waals surface area contributed by atoms with Gasteiger partial charge >= 0.3 is 35.7 Å². The summed E-state index contributed by atoms with van der Waals surface area (Å²) in [4.78, 5) is 50.8. The molecular formula is C50H75N2NaO14. The summed E-state index contributed by atoms with van der Waals surface area (Å²) in [7, 11) is 0. The van der Waals surface area contributed by atoms with Gasteiger partial charge in [-0.2, -0.15) is 0 Å². The van der Waals surface area contributed by atoms with Crippen molar-refractivity contribution >= 4 is 23.5 Å². The van der Waals surface area contributed by atoms with E-state index in [1.54, 1.807) is 19.9 Å². The maximum Gasteiger partial charge on any atom is 1.00 e. The Kier molecular flexibility index (Phi) is 18.4. The van der Waals surface area contributed by atoms with Crippen LogP contribution < -0.4 is 40.0 Å². The number of carbonyl (C=O) groups excluding carboxylic acids is 3. The number of aliphatic hydroxyl groups excluding tert-OH is 1. The molecule has 16 nitrogen and oxygen atoms in total. The third-order valence-corrected chi connectivity index (χ3v) is 16.3. The predicted octanol–water partition coefficient (Wildman–Crippen LogP) is 3.70. The van der Waals surface area contributed by atoms with Crippen LogP contribution >= 0.6 is 0 Å². The third kappa shape index (κ3) is 11.5. The second-order valence-corrected chi connectivity index (χ2v) is 20.6. The van der Waals surface area contributed by atoms with Crippen molar-refractivity contribution in [2.75, 3.05) is 0 Å². The monoisotopic (exact) mass is 951 g/mol. The van der Waals surface area contributed by atoms with E-state index in [0.29, 0.717) is 63.4 Å². The molecule has 0 radical (unpaired) electrons. The minimum Gasteiger partial charge on any atom is -0.550 e. The average Bonchev–Trinajstić information content (AvgIpc) is 3.63. The molecule has 17 heteroatoms. The zero-order valence-electron chi connectivity index (χ0n) is 41.6. The number of Topliss-reactive ketones (excluding diaryl/α,β-unsaturated/α-hetero) is 1. The maximum atomic E-state index is 14.7. The SMILES string of the molecule is CC[C@@H](C(=O)[C@@H](C)[C@@H](O)[C@H](C)[C@@H]1O[C@@H]([C@@H](CC)C(=O)[O-])CC[C@@H]1C)[C@H]1O[C@]2(C=C[C@H](NC(=O)OCc3ccc([N+](=O)[O-])cc3)[C@]3(CC[C@@](C)([C@H]4CC[C@](O)(CC)[C@H](C)O4)O3)O2)[C@H](C)C[C@@H]1C.[Na+]. The minimum atomic E-state index is -1.48. The second-order valence-electron chi connectivity index (χ2n) is 20.6. The van der Waals surface area contributed by atoms with Gasteiger partial charge in [0, 0.05) is 54.1 Å². The van der Waals surface area contributed by atoms with E-state index in [2.05, 4.69) is 12.2 Å². The van der Waals surface area contributed by atoms with Crippen LogP contribution in [-0.2, 0) is 44.6 Å². The van der Waals surface area contributed by atoms with Crippen LogP contribution in [-0.4, -0.2) is 98.4 Å². The van der Waals surface area contributed by atoms with Crippen LogP contribution in [0.3, 0.4) is 0 Å². The number of nitro groups is 1. The quantitative estimate of drug-likeness (QED) is 0.0931. The van der Waals surface area contributed by atoms with Crippen molar-refractivity contribution in [3.63, 3.8) is 0 Å². The van der Waals surface area contributed by atoms with Crippen molar-refractivity contribution in [2.45, 2.75) is 205 Å². The van der Waals surface area contributed by atoms with E-state index >= 15 is 0 Å². The van der Waals surface area contributed by atoms with Crippen LogP contribution in [0.2, 0.25) is 0 Å². The average molecular weight is 951 g/mol. The van der Waals surface area contributed by atoms with E-state index in [9.17, 15) is 39.8 Å². The van der Waals surface area contributed by atoms with Crippen molar-refractivity contribution in [3.05, 3.63) is 52.1 Å². The molecule has 4 fully saturated rings. The fourth-order valence-electron chi connectivity index (χ4n) is 11.7. The number of aliphatic hydroxyl groups is 2. The summed E-state index contributed by atoms with van der Waals surface area (Å²) < 4.78 is 40.0. The number of ketones is 1. The summed E-state index contributed by atoms with van der Waals surface area (Å²) in [6.45, 7) is 19.1. The first kappa shape index (κ1) is 55.4. The van der Waals surface area contributed by atoms with Gasteiger partial charge in [-0.1, -0.05) is 61.5 Å². The Morgan fingerprint density at radius 1 is 0.925 bits per heavy atom. The molecule has 0 bridgehead atoms.